The van der Waals surface area contributed by atoms with E-state index >= 15 is 0 Å². The summed E-state index contributed by atoms with van der Waals surface area (Å²) in [6.45, 7) is 14.1. The molecule has 3 nitrogen and oxygen atoms in total. The monoisotopic (exact) mass is 163 g/mol. The molecule has 0 aromatic heterocycles. The summed E-state index contributed by atoms with van der Waals surface area (Å²) in [5.41, 5.74) is 6.40. The van der Waals surface area contributed by atoms with E-state index in [1.165, 1.54) is 11.2 Å². The molecule has 2 N–H and O–H groups in total. The first-order valence-electron chi connectivity index (χ1n) is 3.31. The van der Waals surface area contributed by atoms with Crippen molar-refractivity contribution in [3.05, 3.63) is 49.5 Å². The van der Waals surface area contributed by atoms with Crippen molar-refractivity contribution in [1.29, 1.82) is 0 Å². The minimum Gasteiger partial charge on any atom is -0.399 e. The molecule has 64 valence electrons. The smallest absolute Gasteiger partial charge is 0.0574 e. The lowest BCUT2D eigenvalue weighted by molar-refractivity contribution is 0.523. The maximum atomic E-state index is 5.31. The van der Waals surface area contributed by atoms with Crippen LogP contribution in [0.5, 0.6) is 0 Å². The van der Waals surface area contributed by atoms with Crippen molar-refractivity contribution in [3.8, 4) is 0 Å². The van der Waals surface area contributed by atoms with Crippen molar-refractivity contribution in [3.63, 3.8) is 0 Å². The average Bonchev–Trinajstić information content (AvgIpc) is 2.03. The third-order valence-corrected chi connectivity index (χ3v) is 1.11. The van der Waals surface area contributed by atoms with Gasteiger partial charge in [-0.15, -0.1) is 0 Å². The Hall–Kier alpha value is -1.77. The highest BCUT2D eigenvalue weighted by molar-refractivity contribution is 5.27. The van der Waals surface area contributed by atoms with Crippen LogP contribution in [0.3, 0.4) is 0 Å². The van der Waals surface area contributed by atoms with Crippen LogP contribution in [0.25, 0.3) is 0 Å². The molecule has 12 heavy (non-hydrogen) atoms. The molecule has 0 aliphatic rings. The van der Waals surface area contributed by atoms with E-state index in [4.69, 9.17) is 5.73 Å². The van der Waals surface area contributed by atoms with Gasteiger partial charge in [0.1, 0.15) is 0 Å². The van der Waals surface area contributed by atoms with E-state index in [1.807, 2.05) is 0 Å². The van der Waals surface area contributed by atoms with Gasteiger partial charge in [0.25, 0.3) is 0 Å². The van der Waals surface area contributed by atoms with Crippen LogP contribution in [0.1, 0.15) is 0 Å². The molecule has 0 spiro atoms. The Balaban J connectivity index is 4.28. The van der Waals surface area contributed by atoms with Crippen LogP contribution in [-0.2, 0) is 0 Å². The predicted molar refractivity (Wildman–Crippen MR) is 53.2 cm³/mol. The van der Waals surface area contributed by atoms with E-state index in [0.29, 0.717) is 11.4 Å². The lowest BCUT2D eigenvalue weighted by Crippen LogP contribution is -2.05. The first kappa shape index (κ1) is 10.2. The standard InChI is InChI=1S/C9H13N3/c1-5-12(11-4)9(3)7-6-8(2)10/h5-7H,1-4,10H2/b7-6-. The fraction of sp³-hybridized carbons (Fsp3) is 0. The number of hydrazone groups is 1. The average molecular weight is 163 g/mol. The normalized spacial score (nSPS) is 9.33. The fourth-order valence-corrected chi connectivity index (χ4v) is 0.545. The lowest BCUT2D eigenvalue weighted by atomic mass is 10.3. The summed E-state index contributed by atoms with van der Waals surface area (Å²) < 4.78 is 0. The highest BCUT2D eigenvalue weighted by Crippen LogP contribution is 2.03. The van der Waals surface area contributed by atoms with Crippen molar-refractivity contribution in [2.45, 2.75) is 0 Å². The number of allylic oxidation sites excluding steroid dienone is 2. The molecule has 0 aliphatic heterocycles. The van der Waals surface area contributed by atoms with Gasteiger partial charge >= 0.3 is 0 Å². The van der Waals surface area contributed by atoms with E-state index in [2.05, 4.69) is 31.6 Å². The zero-order valence-electron chi connectivity index (χ0n) is 7.03. The Labute approximate surface area is 72.9 Å². The van der Waals surface area contributed by atoms with Gasteiger partial charge < -0.3 is 5.73 Å². The van der Waals surface area contributed by atoms with E-state index in [-0.39, 0.29) is 0 Å². The third-order valence-electron chi connectivity index (χ3n) is 1.11. The second-order valence-corrected chi connectivity index (χ2v) is 2.07. The molecular weight excluding hydrogens is 150 g/mol. The summed E-state index contributed by atoms with van der Waals surface area (Å²) in [6, 6.07) is 0. The first-order chi connectivity index (χ1) is 5.61. The van der Waals surface area contributed by atoms with Crippen LogP contribution in [0.2, 0.25) is 0 Å². The second-order valence-electron chi connectivity index (χ2n) is 2.07. The van der Waals surface area contributed by atoms with Crippen molar-refractivity contribution in [2.24, 2.45) is 10.8 Å². The predicted octanol–water partition coefficient (Wildman–Crippen LogP) is 1.59. The van der Waals surface area contributed by atoms with Crippen LogP contribution in [0.15, 0.2) is 54.6 Å². The van der Waals surface area contributed by atoms with Crippen LogP contribution in [-0.4, -0.2) is 11.7 Å². The maximum absolute atomic E-state index is 5.31. The summed E-state index contributed by atoms with van der Waals surface area (Å²) in [5.74, 6) is 0. The maximum Gasteiger partial charge on any atom is 0.0574 e. The van der Waals surface area contributed by atoms with Crippen molar-refractivity contribution in [2.75, 3.05) is 0 Å². The molecule has 0 heterocycles. The minimum absolute atomic E-state index is 0.462. The Bertz CT molecular complexity index is 230. The molecule has 0 bridgehead atoms. The van der Waals surface area contributed by atoms with E-state index in [0.717, 1.165) is 0 Å². The van der Waals surface area contributed by atoms with Crippen molar-refractivity contribution < 1.29 is 0 Å². The summed E-state index contributed by atoms with van der Waals surface area (Å²) >= 11 is 0. The molecule has 0 aromatic rings. The van der Waals surface area contributed by atoms with Crippen LogP contribution in [0.4, 0.5) is 0 Å². The molecule has 0 rings (SSSR count). The molecule has 3 heteroatoms. The summed E-state index contributed by atoms with van der Waals surface area (Å²) in [5, 5.41) is 5.06. The quantitative estimate of drug-likeness (QED) is 0.380. The van der Waals surface area contributed by atoms with E-state index < -0.39 is 0 Å². The molecule has 0 amide bonds. The Kier molecular flexibility index (Phi) is 4.23. The van der Waals surface area contributed by atoms with Crippen molar-refractivity contribution >= 4 is 6.72 Å². The highest BCUT2D eigenvalue weighted by Gasteiger charge is 1.94. The Morgan fingerprint density at radius 3 is 2.25 bits per heavy atom. The van der Waals surface area contributed by atoms with Gasteiger partial charge in [-0.25, -0.2) is 5.01 Å². The SMILES string of the molecule is C=CN(N=C)C(=C)/C=C\C(=C)N. The molecule has 0 unspecified atom stereocenters. The molecule has 0 saturated heterocycles. The number of nitrogens with two attached hydrogens (primary N) is 1. The molecule has 0 fully saturated rings. The number of rotatable bonds is 5. The van der Waals surface area contributed by atoms with Gasteiger partial charge in [0.2, 0.25) is 0 Å². The highest BCUT2D eigenvalue weighted by atomic mass is 15.4. The van der Waals surface area contributed by atoms with Crippen LogP contribution < -0.4 is 5.73 Å². The lowest BCUT2D eigenvalue weighted by Gasteiger charge is -2.11. The Morgan fingerprint density at radius 2 is 1.92 bits per heavy atom. The van der Waals surface area contributed by atoms with Gasteiger partial charge in [-0.2, -0.15) is 5.10 Å². The molecular formula is C9H13N3. The Morgan fingerprint density at radius 1 is 1.33 bits per heavy atom. The first-order valence-corrected chi connectivity index (χ1v) is 3.31. The third kappa shape index (κ3) is 3.41. The number of hydrogen-bond acceptors (Lipinski definition) is 3. The van der Waals surface area contributed by atoms with Gasteiger partial charge in [-0.1, -0.05) is 19.7 Å². The summed E-state index contributed by atoms with van der Waals surface area (Å²) in [7, 11) is 0. The van der Waals surface area contributed by atoms with Gasteiger partial charge in [0.05, 0.1) is 5.70 Å². The topological polar surface area (TPSA) is 41.6 Å². The number of nitrogens with zero attached hydrogens (tertiary/aromatic N) is 2. The largest absolute Gasteiger partial charge is 0.399 e. The van der Waals surface area contributed by atoms with Gasteiger partial charge in [-0.3, -0.25) is 0 Å². The van der Waals surface area contributed by atoms with Gasteiger partial charge in [0.15, 0.2) is 0 Å². The van der Waals surface area contributed by atoms with E-state index in [9.17, 15) is 0 Å². The molecule has 0 aliphatic carbocycles. The zero-order valence-corrected chi connectivity index (χ0v) is 7.03. The van der Waals surface area contributed by atoms with Crippen molar-refractivity contribution in [1.82, 2.24) is 5.01 Å². The van der Waals surface area contributed by atoms with Crippen LogP contribution in [0, 0.1) is 0 Å². The summed E-state index contributed by atoms with van der Waals surface area (Å²) in [6.07, 6.45) is 4.81. The number of hydrogen-bond donors (Lipinski definition) is 1. The van der Waals surface area contributed by atoms with E-state index in [1.54, 1.807) is 12.2 Å². The molecule has 0 atom stereocenters. The molecule has 0 saturated carbocycles. The second kappa shape index (κ2) is 4.96. The fourth-order valence-electron chi connectivity index (χ4n) is 0.545. The minimum atomic E-state index is 0.462. The van der Waals surface area contributed by atoms with Crippen LogP contribution >= 0.6 is 0 Å². The van der Waals surface area contributed by atoms with Gasteiger partial charge in [-0.05, 0) is 12.2 Å². The summed E-state index contributed by atoms with van der Waals surface area (Å²) in [4.78, 5) is 0. The molecule has 0 radical (unpaired) electrons. The van der Waals surface area contributed by atoms with Gasteiger partial charge in [0, 0.05) is 18.6 Å². The zero-order chi connectivity index (χ0) is 9.56. The molecule has 0 aromatic carbocycles.